The Balaban J connectivity index is 1.45. The van der Waals surface area contributed by atoms with Crippen LogP contribution in [0.4, 0.5) is 0 Å². The number of amides is 2. The van der Waals surface area contributed by atoms with Gasteiger partial charge in [0.05, 0.1) is 18.8 Å². The number of hydrogen-bond acceptors (Lipinski definition) is 4. The molecule has 1 aromatic carbocycles. The van der Waals surface area contributed by atoms with Crippen LogP contribution in [-0.2, 0) is 26.3 Å². The van der Waals surface area contributed by atoms with Crippen molar-refractivity contribution in [2.24, 2.45) is 5.92 Å². The van der Waals surface area contributed by atoms with Crippen LogP contribution in [0.5, 0.6) is 0 Å². The molecule has 32 heavy (non-hydrogen) atoms. The smallest absolute Gasteiger partial charge is 0.225 e. The average Bonchev–Trinajstić information content (AvgIpc) is 3.66. The molecule has 0 radical (unpaired) electrons. The molecule has 2 amide bonds. The Kier molecular flexibility index (Phi) is 5.72. The number of fused-ring (bicyclic) bond motifs is 2. The van der Waals surface area contributed by atoms with Crippen LogP contribution in [0.15, 0.2) is 48.8 Å². The number of benzene rings is 1. The number of ether oxygens (including phenoxy) is 1. The molecule has 2 aromatic rings. The lowest BCUT2D eigenvalue weighted by atomic mass is 9.71. The van der Waals surface area contributed by atoms with Gasteiger partial charge in [-0.25, -0.2) is 0 Å². The minimum Gasteiger partial charge on any atom is -0.370 e. The zero-order valence-corrected chi connectivity index (χ0v) is 18.6. The third kappa shape index (κ3) is 3.81. The van der Waals surface area contributed by atoms with E-state index >= 15 is 0 Å². The molecule has 2 fully saturated rings. The van der Waals surface area contributed by atoms with Gasteiger partial charge in [0.2, 0.25) is 11.8 Å². The topological polar surface area (TPSA) is 71.5 Å². The van der Waals surface area contributed by atoms with Crippen LogP contribution in [0.2, 0.25) is 0 Å². The maximum Gasteiger partial charge on any atom is 0.225 e. The Morgan fingerprint density at radius 1 is 1.16 bits per heavy atom. The van der Waals surface area contributed by atoms with Gasteiger partial charge in [0, 0.05) is 43.2 Å². The summed E-state index contributed by atoms with van der Waals surface area (Å²) in [7, 11) is 0. The minimum absolute atomic E-state index is 0.0261. The summed E-state index contributed by atoms with van der Waals surface area (Å²) in [4.78, 5) is 31.4. The number of piperidine rings is 1. The third-order valence-electron chi connectivity index (χ3n) is 7.36. The molecule has 3 aliphatic rings. The first kappa shape index (κ1) is 21.1. The first-order valence-corrected chi connectivity index (χ1v) is 11.8. The molecular formula is C26H31N3O3. The molecule has 1 saturated carbocycles. The fraction of sp³-hybridized carbons (Fsp3) is 0.500. The number of rotatable bonds is 6. The highest BCUT2D eigenvalue weighted by molar-refractivity contribution is 5.81. The largest absolute Gasteiger partial charge is 0.370 e. The number of hydrogen-bond donors (Lipinski definition) is 1. The van der Waals surface area contributed by atoms with Gasteiger partial charge in [-0.1, -0.05) is 37.3 Å². The van der Waals surface area contributed by atoms with Gasteiger partial charge in [0.25, 0.3) is 0 Å². The van der Waals surface area contributed by atoms with Crippen molar-refractivity contribution in [1.82, 2.24) is 15.2 Å². The molecule has 0 bridgehead atoms. The summed E-state index contributed by atoms with van der Waals surface area (Å²) < 4.78 is 6.62. The van der Waals surface area contributed by atoms with Gasteiger partial charge in [-0.15, -0.1) is 0 Å². The summed E-state index contributed by atoms with van der Waals surface area (Å²) in [6.45, 7) is 3.80. The minimum atomic E-state index is -0.217. The average molecular weight is 434 g/mol. The van der Waals surface area contributed by atoms with E-state index in [1.807, 2.05) is 36.2 Å². The normalized spacial score (nSPS) is 23.7. The molecule has 6 nitrogen and oxygen atoms in total. The first-order valence-electron chi connectivity index (χ1n) is 11.8. The second-order valence-corrected chi connectivity index (χ2v) is 9.33. The van der Waals surface area contributed by atoms with Crippen molar-refractivity contribution >= 4 is 11.8 Å². The molecule has 1 N–H and O–H groups in total. The van der Waals surface area contributed by atoms with Crippen molar-refractivity contribution < 1.29 is 14.3 Å². The third-order valence-corrected chi connectivity index (χ3v) is 7.36. The predicted molar refractivity (Wildman–Crippen MR) is 121 cm³/mol. The molecule has 1 spiro atoms. The van der Waals surface area contributed by atoms with Crippen molar-refractivity contribution in [2.45, 2.75) is 63.2 Å². The molecule has 1 aliphatic heterocycles. The van der Waals surface area contributed by atoms with Crippen LogP contribution < -0.4 is 5.32 Å². The van der Waals surface area contributed by atoms with Gasteiger partial charge in [-0.2, -0.15) is 0 Å². The summed E-state index contributed by atoms with van der Waals surface area (Å²) >= 11 is 0. The Labute approximate surface area is 189 Å². The maximum absolute atomic E-state index is 12.7. The van der Waals surface area contributed by atoms with Gasteiger partial charge in [0.15, 0.2) is 0 Å². The lowest BCUT2D eigenvalue weighted by molar-refractivity contribution is -0.135. The number of nitrogens with one attached hydrogen (secondary N) is 1. The monoisotopic (exact) mass is 433 g/mol. The van der Waals surface area contributed by atoms with Crippen LogP contribution in [-0.4, -0.2) is 40.9 Å². The van der Waals surface area contributed by atoms with E-state index in [9.17, 15) is 9.59 Å². The molecule has 1 aromatic heterocycles. The molecule has 2 heterocycles. The van der Waals surface area contributed by atoms with E-state index in [0.717, 1.165) is 49.9 Å². The van der Waals surface area contributed by atoms with E-state index in [1.165, 1.54) is 5.56 Å². The zero-order chi connectivity index (χ0) is 22.1. The lowest BCUT2D eigenvalue weighted by Gasteiger charge is -2.44. The SMILES string of the molecule is CCC(=O)N[C@@H]1c2ccccc2C2(CCN(C(=O)C3CC3)CC2)[C@H]1OCc1cccnc1. The Bertz CT molecular complexity index is 981. The molecule has 0 unspecified atom stereocenters. The van der Waals surface area contributed by atoms with Gasteiger partial charge in [-0.05, 0) is 48.4 Å². The van der Waals surface area contributed by atoms with E-state index in [0.29, 0.717) is 18.9 Å². The number of carbonyl (C=O) groups is 2. The fourth-order valence-electron chi connectivity index (χ4n) is 5.48. The Morgan fingerprint density at radius 2 is 1.94 bits per heavy atom. The van der Waals surface area contributed by atoms with E-state index in [2.05, 4.69) is 28.5 Å². The van der Waals surface area contributed by atoms with Crippen molar-refractivity contribution in [3.8, 4) is 0 Å². The highest BCUT2D eigenvalue weighted by Crippen LogP contribution is 2.53. The van der Waals surface area contributed by atoms with Crippen LogP contribution in [0.3, 0.4) is 0 Å². The van der Waals surface area contributed by atoms with Crippen molar-refractivity contribution in [1.29, 1.82) is 0 Å². The van der Waals surface area contributed by atoms with E-state index < -0.39 is 0 Å². The van der Waals surface area contributed by atoms with Crippen molar-refractivity contribution in [3.63, 3.8) is 0 Å². The molecule has 2 atom stereocenters. The van der Waals surface area contributed by atoms with E-state index in [1.54, 1.807) is 6.20 Å². The number of likely N-dealkylation sites (tertiary alicyclic amines) is 1. The summed E-state index contributed by atoms with van der Waals surface area (Å²) in [6, 6.07) is 12.1. The molecule has 168 valence electrons. The standard InChI is InChI=1S/C26H31N3O3/c1-2-22(30)28-23-20-7-3-4-8-21(20)26(24(23)32-17-18-6-5-13-27-16-18)11-14-29(15-12-26)25(31)19-9-10-19/h3-8,13,16,19,23-24H,2,9-12,14-15,17H2,1H3,(H,28,30)/t23-,24+/m1/s1. The highest BCUT2D eigenvalue weighted by atomic mass is 16.5. The van der Waals surface area contributed by atoms with E-state index in [-0.39, 0.29) is 29.4 Å². The Morgan fingerprint density at radius 3 is 2.62 bits per heavy atom. The maximum atomic E-state index is 12.7. The molecule has 5 rings (SSSR count). The quantitative estimate of drug-likeness (QED) is 0.757. The van der Waals surface area contributed by atoms with Gasteiger partial charge in [0.1, 0.15) is 0 Å². The van der Waals surface area contributed by atoms with Crippen LogP contribution in [0.25, 0.3) is 0 Å². The van der Waals surface area contributed by atoms with Crippen molar-refractivity contribution in [2.75, 3.05) is 13.1 Å². The number of pyridine rings is 1. The summed E-state index contributed by atoms with van der Waals surface area (Å²) in [6.07, 6.45) is 7.59. The van der Waals surface area contributed by atoms with Gasteiger partial charge < -0.3 is 15.0 Å². The number of carbonyl (C=O) groups excluding carboxylic acids is 2. The van der Waals surface area contributed by atoms with Crippen LogP contribution in [0, 0.1) is 5.92 Å². The van der Waals surface area contributed by atoms with Crippen LogP contribution >= 0.6 is 0 Å². The second kappa shape index (κ2) is 8.66. The zero-order valence-electron chi connectivity index (χ0n) is 18.6. The lowest BCUT2D eigenvalue weighted by Crippen LogP contribution is -2.52. The van der Waals surface area contributed by atoms with E-state index in [4.69, 9.17) is 4.74 Å². The Hall–Kier alpha value is -2.73. The number of aromatic nitrogens is 1. The summed E-state index contributed by atoms with van der Waals surface area (Å²) in [5, 5.41) is 3.24. The first-order chi connectivity index (χ1) is 15.6. The van der Waals surface area contributed by atoms with Crippen LogP contribution in [0.1, 0.15) is 61.8 Å². The summed E-state index contributed by atoms with van der Waals surface area (Å²) in [5.41, 5.74) is 3.20. The predicted octanol–water partition coefficient (Wildman–Crippen LogP) is 3.52. The second-order valence-electron chi connectivity index (χ2n) is 9.33. The molecule has 6 heteroatoms. The number of nitrogens with zero attached hydrogens (tertiary/aromatic N) is 2. The highest BCUT2D eigenvalue weighted by Gasteiger charge is 2.55. The summed E-state index contributed by atoms with van der Waals surface area (Å²) in [5.74, 6) is 0.585. The molecule has 1 saturated heterocycles. The van der Waals surface area contributed by atoms with Crippen molar-refractivity contribution in [3.05, 3.63) is 65.5 Å². The molecule has 2 aliphatic carbocycles. The fourth-order valence-corrected chi connectivity index (χ4v) is 5.48. The van der Waals surface area contributed by atoms with Gasteiger partial charge in [-0.3, -0.25) is 14.6 Å². The van der Waals surface area contributed by atoms with Gasteiger partial charge >= 0.3 is 0 Å². The molecular weight excluding hydrogens is 402 g/mol.